The largest absolute Gasteiger partial charge is 0.455 e. The molecule has 0 bridgehead atoms. The molecular formula is C21H27N3O2S. The number of rotatable bonds is 7. The van der Waals surface area contributed by atoms with E-state index >= 15 is 0 Å². The van der Waals surface area contributed by atoms with Gasteiger partial charge >= 0.3 is 5.97 Å². The summed E-state index contributed by atoms with van der Waals surface area (Å²) >= 11 is 4.82. The van der Waals surface area contributed by atoms with Crippen LogP contribution in [0.1, 0.15) is 46.7 Å². The number of hydrogen-bond acceptors (Lipinski definition) is 5. The van der Waals surface area contributed by atoms with E-state index in [1.165, 1.54) is 0 Å². The quantitative estimate of drug-likeness (QED) is 0.560. The molecule has 2 rings (SSSR count). The van der Waals surface area contributed by atoms with Gasteiger partial charge in [0, 0.05) is 17.8 Å². The van der Waals surface area contributed by atoms with E-state index in [9.17, 15) is 4.79 Å². The Labute approximate surface area is 166 Å². The Morgan fingerprint density at radius 3 is 2.37 bits per heavy atom. The lowest BCUT2D eigenvalue weighted by molar-refractivity contribution is 0.0563. The van der Waals surface area contributed by atoms with Crippen molar-refractivity contribution in [1.82, 2.24) is 4.98 Å². The fourth-order valence-corrected chi connectivity index (χ4v) is 3.13. The Morgan fingerprint density at radius 1 is 1.22 bits per heavy atom. The van der Waals surface area contributed by atoms with Crippen LogP contribution in [0.25, 0.3) is 11.1 Å². The second-order valence-corrected chi connectivity index (χ2v) is 7.61. The number of ether oxygens (including phenoxy) is 1. The van der Waals surface area contributed by atoms with Gasteiger partial charge in [-0.05, 0) is 37.3 Å². The first kappa shape index (κ1) is 21.0. The number of aryl methyl sites for hydroxylation is 2. The predicted molar refractivity (Wildman–Crippen MR) is 113 cm³/mol. The summed E-state index contributed by atoms with van der Waals surface area (Å²) in [5.74, 6) is -0.0744. The zero-order valence-electron chi connectivity index (χ0n) is 16.3. The van der Waals surface area contributed by atoms with Crippen molar-refractivity contribution in [2.24, 2.45) is 17.4 Å². The summed E-state index contributed by atoms with van der Waals surface area (Å²) in [4.78, 5) is 17.6. The summed E-state index contributed by atoms with van der Waals surface area (Å²) < 4.78 is 5.29. The molecule has 5 nitrogen and oxygen atoms in total. The molecule has 0 amide bonds. The highest BCUT2D eigenvalue weighted by atomic mass is 32.1. The third kappa shape index (κ3) is 5.11. The number of nitrogens with zero attached hydrogens (tertiary/aromatic N) is 1. The van der Waals surface area contributed by atoms with Crippen molar-refractivity contribution in [1.29, 1.82) is 0 Å². The number of carbonyl (C=O) groups is 1. The van der Waals surface area contributed by atoms with Crippen molar-refractivity contribution in [3.63, 3.8) is 0 Å². The number of hydrogen-bond donors (Lipinski definition) is 2. The number of benzene rings is 1. The minimum Gasteiger partial charge on any atom is -0.455 e. The molecule has 0 saturated carbocycles. The first-order valence-electron chi connectivity index (χ1n) is 8.99. The first-order chi connectivity index (χ1) is 12.7. The number of thiocarbonyl (C=S) groups is 1. The van der Waals surface area contributed by atoms with Gasteiger partial charge in [-0.15, -0.1) is 0 Å². The highest BCUT2D eigenvalue weighted by Crippen LogP contribution is 2.33. The van der Waals surface area contributed by atoms with Gasteiger partial charge in [0.15, 0.2) is 0 Å². The zero-order chi connectivity index (χ0) is 20.1. The van der Waals surface area contributed by atoms with Gasteiger partial charge in [-0.1, -0.05) is 55.9 Å². The molecule has 4 N–H and O–H groups in total. The van der Waals surface area contributed by atoms with Crippen LogP contribution in [0, 0.1) is 19.8 Å². The lowest BCUT2D eigenvalue weighted by Gasteiger charge is -2.20. The summed E-state index contributed by atoms with van der Waals surface area (Å²) in [6.07, 6.45) is 0.786. The maximum Gasteiger partial charge on any atom is 0.341 e. The number of esters is 1. The maximum absolute atomic E-state index is 12.8. The number of pyridine rings is 1. The molecule has 0 aliphatic heterocycles. The summed E-state index contributed by atoms with van der Waals surface area (Å²) in [5.41, 5.74) is 17.3. The van der Waals surface area contributed by atoms with Crippen molar-refractivity contribution in [2.75, 3.05) is 6.61 Å². The molecule has 0 saturated heterocycles. The molecule has 0 aliphatic rings. The van der Waals surface area contributed by atoms with E-state index < -0.39 is 5.97 Å². The Hall–Kier alpha value is -2.31. The van der Waals surface area contributed by atoms with E-state index in [-0.39, 0.29) is 18.1 Å². The molecule has 1 aromatic heterocycles. The predicted octanol–water partition coefficient (Wildman–Crippen LogP) is 3.47. The molecule has 2 aromatic rings. The molecule has 0 spiro atoms. The van der Waals surface area contributed by atoms with Crippen LogP contribution in [0.2, 0.25) is 0 Å². The van der Waals surface area contributed by atoms with E-state index in [1.54, 1.807) is 0 Å². The summed E-state index contributed by atoms with van der Waals surface area (Å²) in [6, 6.07) is 8.01. The van der Waals surface area contributed by atoms with Crippen LogP contribution < -0.4 is 11.5 Å². The Balaban J connectivity index is 2.71. The van der Waals surface area contributed by atoms with Crippen LogP contribution in [0.3, 0.4) is 0 Å². The van der Waals surface area contributed by atoms with Crippen LogP contribution in [0.4, 0.5) is 0 Å². The Bertz CT molecular complexity index is 845. The molecule has 0 fully saturated rings. The minimum absolute atomic E-state index is 0.105. The van der Waals surface area contributed by atoms with Crippen molar-refractivity contribution >= 4 is 23.2 Å². The lowest BCUT2D eigenvalue weighted by Crippen LogP contribution is -2.22. The van der Waals surface area contributed by atoms with E-state index in [0.717, 1.165) is 34.4 Å². The normalized spacial score (nSPS) is 10.9. The van der Waals surface area contributed by atoms with Crippen molar-refractivity contribution in [3.8, 4) is 11.1 Å². The van der Waals surface area contributed by atoms with Crippen molar-refractivity contribution in [3.05, 3.63) is 52.3 Å². The van der Waals surface area contributed by atoms with E-state index in [2.05, 4.69) is 13.8 Å². The first-order valence-corrected chi connectivity index (χ1v) is 9.40. The third-order valence-corrected chi connectivity index (χ3v) is 4.38. The molecule has 1 heterocycles. The fraction of sp³-hybridized carbons (Fsp3) is 0.381. The number of aromatic nitrogens is 1. The van der Waals surface area contributed by atoms with Gasteiger partial charge in [0.1, 0.15) is 11.6 Å². The van der Waals surface area contributed by atoms with Crippen LogP contribution >= 0.6 is 12.2 Å². The molecule has 0 atom stereocenters. The molecule has 1 aromatic carbocycles. The number of nitrogens with two attached hydrogens (primary N) is 2. The van der Waals surface area contributed by atoms with Crippen molar-refractivity contribution in [2.45, 2.75) is 40.7 Å². The highest BCUT2D eigenvalue weighted by Gasteiger charge is 2.24. The molecule has 0 radical (unpaired) electrons. The molecule has 6 heteroatoms. The van der Waals surface area contributed by atoms with Crippen LogP contribution in [-0.4, -0.2) is 22.5 Å². The number of carbonyl (C=O) groups excluding carboxylic acids is 1. The van der Waals surface area contributed by atoms with Gasteiger partial charge < -0.3 is 16.2 Å². The SMILES string of the molecule is Cc1ccc(-c2c(CN)c(CC(C)C)nc(C)c2C(=O)OCC(N)=S)cc1. The van der Waals surface area contributed by atoms with Gasteiger partial charge in [0.2, 0.25) is 0 Å². The zero-order valence-corrected chi connectivity index (χ0v) is 17.2. The van der Waals surface area contributed by atoms with Gasteiger partial charge in [-0.2, -0.15) is 0 Å². The highest BCUT2D eigenvalue weighted by molar-refractivity contribution is 7.80. The molecular weight excluding hydrogens is 358 g/mol. The summed E-state index contributed by atoms with van der Waals surface area (Å²) in [7, 11) is 0. The molecule has 27 heavy (non-hydrogen) atoms. The molecule has 144 valence electrons. The third-order valence-electron chi connectivity index (χ3n) is 4.26. The van der Waals surface area contributed by atoms with Gasteiger partial charge in [-0.25, -0.2) is 4.79 Å². The lowest BCUT2D eigenvalue weighted by atomic mass is 9.90. The van der Waals surface area contributed by atoms with E-state index in [0.29, 0.717) is 17.2 Å². The fourth-order valence-electron chi connectivity index (χ4n) is 3.07. The average Bonchev–Trinajstić information content (AvgIpc) is 2.59. The smallest absolute Gasteiger partial charge is 0.341 e. The maximum atomic E-state index is 12.8. The standard InChI is InChI=1S/C21H27N3O2S/c1-12(2)9-17-16(10-22)20(15-7-5-13(3)6-8-15)19(14(4)24-17)21(25)26-11-18(23)27/h5-8,12H,9-11,22H2,1-4H3,(H2,23,27). The van der Waals surface area contributed by atoms with Gasteiger partial charge in [-0.3, -0.25) is 4.98 Å². The summed E-state index contributed by atoms with van der Waals surface area (Å²) in [5, 5.41) is 0. The van der Waals surface area contributed by atoms with Crippen LogP contribution in [0.5, 0.6) is 0 Å². The topological polar surface area (TPSA) is 91.2 Å². The van der Waals surface area contributed by atoms with E-state index in [4.69, 9.17) is 33.4 Å². The van der Waals surface area contributed by atoms with Crippen LogP contribution in [0.15, 0.2) is 24.3 Å². The molecule has 0 unspecified atom stereocenters. The van der Waals surface area contributed by atoms with Gasteiger partial charge in [0.05, 0.1) is 11.3 Å². The minimum atomic E-state index is -0.492. The van der Waals surface area contributed by atoms with E-state index in [1.807, 2.05) is 38.1 Å². The summed E-state index contributed by atoms with van der Waals surface area (Å²) in [6.45, 7) is 8.29. The van der Waals surface area contributed by atoms with Crippen molar-refractivity contribution < 1.29 is 9.53 Å². The van der Waals surface area contributed by atoms with Gasteiger partial charge in [0.25, 0.3) is 0 Å². The average molecular weight is 386 g/mol. The second-order valence-electron chi connectivity index (χ2n) is 7.08. The Morgan fingerprint density at radius 2 is 1.85 bits per heavy atom. The van der Waals surface area contributed by atoms with Crippen LogP contribution in [-0.2, 0) is 17.7 Å². The second kappa shape index (κ2) is 9.06. The molecule has 0 aliphatic carbocycles. The monoisotopic (exact) mass is 385 g/mol. The Kier molecular flexibility index (Phi) is 7.05.